The van der Waals surface area contributed by atoms with Gasteiger partial charge in [0.2, 0.25) is 0 Å². The molecule has 0 saturated heterocycles. The summed E-state index contributed by atoms with van der Waals surface area (Å²) in [5, 5.41) is 7.47. The van der Waals surface area contributed by atoms with E-state index in [-0.39, 0.29) is 0 Å². The highest BCUT2D eigenvalue weighted by Gasteiger charge is 2.09. The summed E-state index contributed by atoms with van der Waals surface area (Å²) in [6.45, 7) is 4.52. The van der Waals surface area contributed by atoms with Crippen LogP contribution in [-0.2, 0) is 20.0 Å². The Hall–Kier alpha value is -0.850. The normalized spacial score (nSPS) is 10.9. The number of benzene rings is 1. The van der Waals surface area contributed by atoms with Gasteiger partial charge in [0.15, 0.2) is 0 Å². The van der Waals surface area contributed by atoms with Crippen molar-refractivity contribution < 1.29 is 4.74 Å². The lowest BCUT2D eigenvalue weighted by molar-refractivity contribution is 0.314. The Labute approximate surface area is 142 Å². The third-order valence-corrected chi connectivity index (χ3v) is 4.34. The van der Waals surface area contributed by atoms with E-state index in [1.165, 1.54) is 5.56 Å². The second kappa shape index (κ2) is 7.96. The number of nitrogens with one attached hydrogen (secondary N) is 1. The average molecular weight is 417 g/mol. The SMILES string of the molecule is CCNCc1cc(Br)c(OCCc2ccnn2C)c(Br)c1. The molecule has 1 aromatic carbocycles. The van der Waals surface area contributed by atoms with E-state index in [2.05, 4.69) is 61.3 Å². The van der Waals surface area contributed by atoms with Gasteiger partial charge < -0.3 is 10.1 Å². The first-order chi connectivity index (χ1) is 10.1. The predicted octanol–water partition coefficient (Wildman–Crippen LogP) is 3.68. The summed E-state index contributed by atoms with van der Waals surface area (Å²) >= 11 is 7.17. The average Bonchev–Trinajstić information content (AvgIpc) is 2.85. The van der Waals surface area contributed by atoms with Crippen molar-refractivity contribution in [1.82, 2.24) is 15.1 Å². The zero-order chi connectivity index (χ0) is 15.2. The zero-order valence-corrected chi connectivity index (χ0v) is 15.4. The molecule has 2 rings (SSSR count). The Morgan fingerprint density at radius 2 is 2.00 bits per heavy atom. The molecule has 0 spiro atoms. The number of ether oxygens (including phenoxy) is 1. The molecular weight excluding hydrogens is 398 g/mol. The van der Waals surface area contributed by atoms with Crippen LogP contribution in [0.3, 0.4) is 0 Å². The highest BCUT2D eigenvalue weighted by molar-refractivity contribution is 9.11. The smallest absolute Gasteiger partial charge is 0.147 e. The van der Waals surface area contributed by atoms with Crippen molar-refractivity contribution in [2.75, 3.05) is 13.2 Å². The van der Waals surface area contributed by atoms with Crippen LogP contribution in [0.1, 0.15) is 18.2 Å². The molecule has 0 fully saturated rings. The first kappa shape index (κ1) is 16.5. The minimum Gasteiger partial charge on any atom is -0.491 e. The summed E-state index contributed by atoms with van der Waals surface area (Å²) in [7, 11) is 1.94. The van der Waals surface area contributed by atoms with Crippen LogP contribution in [0.2, 0.25) is 0 Å². The van der Waals surface area contributed by atoms with Crippen molar-refractivity contribution in [2.45, 2.75) is 19.9 Å². The highest BCUT2D eigenvalue weighted by atomic mass is 79.9. The second-order valence-corrected chi connectivity index (χ2v) is 6.42. The van der Waals surface area contributed by atoms with Gasteiger partial charge in [0.1, 0.15) is 5.75 Å². The van der Waals surface area contributed by atoms with Crippen LogP contribution >= 0.6 is 31.9 Å². The van der Waals surface area contributed by atoms with Crippen LogP contribution in [0.25, 0.3) is 0 Å². The molecule has 1 N–H and O–H groups in total. The van der Waals surface area contributed by atoms with Gasteiger partial charge >= 0.3 is 0 Å². The third kappa shape index (κ3) is 4.56. The van der Waals surface area contributed by atoms with E-state index in [0.717, 1.165) is 39.9 Å². The van der Waals surface area contributed by atoms with Gasteiger partial charge in [0.05, 0.1) is 15.6 Å². The molecule has 1 heterocycles. The summed E-state index contributed by atoms with van der Waals surface area (Å²) < 4.78 is 9.70. The molecule has 114 valence electrons. The van der Waals surface area contributed by atoms with Gasteiger partial charge in [0.25, 0.3) is 0 Å². The minimum absolute atomic E-state index is 0.614. The van der Waals surface area contributed by atoms with Crippen LogP contribution in [-0.4, -0.2) is 22.9 Å². The fraction of sp³-hybridized carbons (Fsp3) is 0.400. The molecule has 0 saturated carbocycles. The van der Waals surface area contributed by atoms with Gasteiger partial charge in [0, 0.05) is 31.9 Å². The number of nitrogens with zero attached hydrogens (tertiary/aromatic N) is 2. The van der Waals surface area contributed by atoms with Crippen molar-refractivity contribution in [3.05, 3.63) is 44.6 Å². The van der Waals surface area contributed by atoms with Crippen LogP contribution in [0, 0.1) is 0 Å². The standard InChI is InChI=1S/C15H19Br2N3O/c1-3-18-10-11-8-13(16)15(14(17)9-11)21-7-5-12-4-6-19-20(12)2/h4,6,8-9,18H,3,5,7,10H2,1-2H3. The molecule has 6 heteroatoms. The van der Waals surface area contributed by atoms with Gasteiger partial charge in [-0.25, -0.2) is 0 Å². The lowest BCUT2D eigenvalue weighted by Gasteiger charge is -2.12. The first-order valence-corrected chi connectivity index (χ1v) is 8.48. The number of hydrogen-bond acceptors (Lipinski definition) is 3. The topological polar surface area (TPSA) is 39.1 Å². The van der Waals surface area contributed by atoms with Crippen LogP contribution < -0.4 is 10.1 Å². The predicted molar refractivity (Wildman–Crippen MR) is 91.6 cm³/mol. The first-order valence-electron chi connectivity index (χ1n) is 6.90. The van der Waals surface area contributed by atoms with Crippen molar-refractivity contribution in [3.8, 4) is 5.75 Å². The molecular formula is C15H19Br2N3O. The monoisotopic (exact) mass is 415 g/mol. The molecule has 1 aromatic heterocycles. The van der Waals surface area contributed by atoms with Crippen LogP contribution in [0.5, 0.6) is 5.75 Å². The maximum absolute atomic E-state index is 5.90. The van der Waals surface area contributed by atoms with E-state index in [9.17, 15) is 0 Å². The van der Waals surface area contributed by atoms with Crippen molar-refractivity contribution in [2.24, 2.45) is 7.05 Å². The summed E-state index contributed by atoms with van der Waals surface area (Å²) in [6.07, 6.45) is 2.63. The van der Waals surface area contributed by atoms with Crippen LogP contribution in [0.4, 0.5) is 0 Å². The Balaban J connectivity index is 1.98. The molecule has 0 atom stereocenters. The number of aromatic nitrogens is 2. The minimum atomic E-state index is 0.614. The van der Waals surface area contributed by atoms with Crippen molar-refractivity contribution in [3.63, 3.8) is 0 Å². The van der Waals surface area contributed by atoms with E-state index in [1.54, 1.807) is 6.20 Å². The van der Waals surface area contributed by atoms with Gasteiger partial charge in [-0.2, -0.15) is 5.10 Å². The maximum atomic E-state index is 5.90. The van der Waals surface area contributed by atoms with E-state index in [4.69, 9.17) is 4.74 Å². The van der Waals surface area contributed by atoms with Gasteiger partial charge in [-0.05, 0) is 62.2 Å². The molecule has 0 amide bonds. The summed E-state index contributed by atoms with van der Waals surface area (Å²) in [5.74, 6) is 0.845. The molecule has 2 aromatic rings. The number of halogens is 2. The van der Waals surface area contributed by atoms with Crippen LogP contribution in [0.15, 0.2) is 33.3 Å². The number of aryl methyl sites for hydroxylation is 1. The number of hydrogen-bond donors (Lipinski definition) is 1. The molecule has 0 aliphatic carbocycles. The largest absolute Gasteiger partial charge is 0.491 e. The van der Waals surface area contributed by atoms with E-state index in [1.807, 2.05) is 17.8 Å². The summed E-state index contributed by atoms with van der Waals surface area (Å²) in [5.41, 5.74) is 2.38. The molecule has 0 aliphatic rings. The third-order valence-electron chi connectivity index (χ3n) is 3.16. The maximum Gasteiger partial charge on any atom is 0.147 e. The van der Waals surface area contributed by atoms with Crippen molar-refractivity contribution >= 4 is 31.9 Å². The van der Waals surface area contributed by atoms with E-state index >= 15 is 0 Å². The molecule has 0 radical (unpaired) electrons. The summed E-state index contributed by atoms with van der Waals surface area (Å²) in [6, 6.07) is 6.19. The van der Waals surface area contributed by atoms with Gasteiger partial charge in [-0.3, -0.25) is 4.68 Å². The quantitative estimate of drug-likeness (QED) is 0.748. The molecule has 0 aliphatic heterocycles. The molecule has 4 nitrogen and oxygen atoms in total. The molecule has 21 heavy (non-hydrogen) atoms. The second-order valence-electron chi connectivity index (χ2n) is 4.71. The zero-order valence-electron chi connectivity index (χ0n) is 12.2. The molecule has 0 bridgehead atoms. The highest BCUT2D eigenvalue weighted by Crippen LogP contribution is 2.34. The Morgan fingerprint density at radius 3 is 2.57 bits per heavy atom. The van der Waals surface area contributed by atoms with E-state index in [0.29, 0.717) is 6.61 Å². The lowest BCUT2D eigenvalue weighted by atomic mass is 10.2. The van der Waals surface area contributed by atoms with Gasteiger partial charge in [-0.1, -0.05) is 6.92 Å². The lowest BCUT2D eigenvalue weighted by Crippen LogP contribution is -2.12. The molecule has 0 unspecified atom stereocenters. The summed E-state index contributed by atoms with van der Waals surface area (Å²) in [4.78, 5) is 0. The fourth-order valence-corrected chi connectivity index (χ4v) is 3.54. The van der Waals surface area contributed by atoms with Gasteiger partial charge in [-0.15, -0.1) is 0 Å². The van der Waals surface area contributed by atoms with E-state index < -0.39 is 0 Å². The van der Waals surface area contributed by atoms with Crippen molar-refractivity contribution in [1.29, 1.82) is 0 Å². The number of rotatable bonds is 7. The Bertz CT molecular complexity index is 575. The Kier molecular flexibility index (Phi) is 6.26. The fourth-order valence-electron chi connectivity index (χ4n) is 2.03. The Morgan fingerprint density at radius 1 is 1.29 bits per heavy atom.